The summed E-state index contributed by atoms with van der Waals surface area (Å²) in [7, 11) is 0. The molecule has 1 aliphatic rings. The number of phenolic OH excluding ortho intramolecular Hbond substituents is 1. The molecule has 2 N–H and O–H groups in total. The number of nitrogens with zero attached hydrogens (tertiary/aromatic N) is 1. The van der Waals surface area contributed by atoms with Gasteiger partial charge in [-0.3, -0.25) is 4.79 Å². The predicted molar refractivity (Wildman–Crippen MR) is 84.6 cm³/mol. The SMILES string of the molecule is CCN(C(=O)CC1CSCCN1)c1cc(O)ccc1C. The van der Waals surface area contributed by atoms with E-state index in [1.54, 1.807) is 17.0 Å². The van der Waals surface area contributed by atoms with Gasteiger partial charge >= 0.3 is 0 Å². The van der Waals surface area contributed by atoms with Crippen molar-refractivity contribution < 1.29 is 9.90 Å². The van der Waals surface area contributed by atoms with E-state index in [-0.39, 0.29) is 17.7 Å². The Morgan fingerprint density at radius 1 is 1.55 bits per heavy atom. The standard InChI is InChI=1S/C15H22N2O2S/c1-3-17(14-9-13(18)5-4-11(14)2)15(19)8-12-10-20-7-6-16-12/h4-5,9,12,16,18H,3,6-8,10H2,1-2H3. The number of hydrogen-bond donors (Lipinski definition) is 2. The van der Waals surface area contributed by atoms with Crippen molar-refractivity contribution in [3.63, 3.8) is 0 Å². The topological polar surface area (TPSA) is 52.6 Å². The third-order valence-corrected chi connectivity index (χ3v) is 4.65. The zero-order chi connectivity index (χ0) is 14.5. The van der Waals surface area contributed by atoms with Gasteiger partial charge in [0, 0.05) is 43.1 Å². The van der Waals surface area contributed by atoms with E-state index in [0.717, 1.165) is 29.3 Å². The number of nitrogens with one attached hydrogen (secondary N) is 1. The second kappa shape index (κ2) is 6.99. The van der Waals surface area contributed by atoms with Crippen molar-refractivity contribution in [1.29, 1.82) is 0 Å². The maximum atomic E-state index is 12.5. The highest BCUT2D eigenvalue weighted by Gasteiger charge is 2.22. The Kier molecular flexibility index (Phi) is 5.31. The Labute approximate surface area is 124 Å². The number of amides is 1. The van der Waals surface area contributed by atoms with E-state index in [9.17, 15) is 9.90 Å². The molecule has 1 atom stereocenters. The lowest BCUT2D eigenvalue weighted by atomic mass is 10.1. The molecule has 1 aromatic rings. The molecule has 1 fully saturated rings. The van der Waals surface area contributed by atoms with Crippen LogP contribution < -0.4 is 10.2 Å². The van der Waals surface area contributed by atoms with Crippen LogP contribution in [0.1, 0.15) is 18.9 Å². The number of phenols is 1. The molecule has 0 saturated carbocycles. The summed E-state index contributed by atoms with van der Waals surface area (Å²) in [5.41, 5.74) is 1.81. The van der Waals surface area contributed by atoms with Crippen LogP contribution in [0.25, 0.3) is 0 Å². The number of carbonyl (C=O) groups excluding carboxylic acids is 1. The predicted octanol–water partition coefficient (Wildman–Crippen LogP) is 2.15. The number of hydrogen-bond acceptors (Lipinski definition) is 4. The molecule has 4 nitrogen and oxygen atoms in total. The third kappa shape index (κ3) is 3.67. The summed E-state index contributed by atoms with van der Waals surface area (Å²) in [5, 5.41) is 13.0. The van der Waals surface area contributed by atoms with E-state index in [1.807, 2.05) is 31.7 Å². The van der Waals surface area contributed by atoms with Crippen LogP contribution >= 0.6 is 11.8 Å². The molecule has 0 radical (unpaired) electrons. The van der Waals surface area contributed by atoms with Crippen molar-refractivity contribution in [2.45, 2.75) is 26.3 Å². The van der Waals surface area contributed by atoms with Crippen molar-refractivity contribution in [1.82, 2.24) is 5.32 Å². The van der Waals surface area contributed by atoms with Gasteiger partial charge in [-0.2, -0.15) is 11.8 Å². The van der Waals surface area contributed by atoms with E-state index in [4.69, 9.17) is 0 Å². The molecule has 1 heterocycles. The Balaban J connectivity index is 2.10. The van der Waals surface area contributed by atoms with Crippen molar-refractivity contribution >= 4 is 23.4 Å². The van der Waals surface area contributed by atoms with Crippen LogP contribution in [0.3, 0.4) is 0 Å². The van der Waals surface area contributed by atoms with E-state index in [0.29, 0.717) is 13.0 Å². The Morgan fingerprint density at radius 2 is 2.35 bits per heavy atom. The fraction of sp³-hybridized carbons (Fsp3) is 0.533. The summed E-state index contributed by atoms with van der Waals surface area (Å²) in [4.78, 5) is 14.3. The van der Waals surface area contributed by atoms with Gasteiger partial charge in [0.1, 0.15) is 5.75 Å². The highest BCUT2D eigenvalue weighted by molar-refractivity contribution is 7.99. The fourth-order valence-electron chi connectivity index (χ4n) is 2.44. The van der Waals surface area contributed by atoms with Crippen molar-refractivity contribution in [3.05, 3.63) is 23.8 Å². The summed E-state index contributed by atoms with van der Waals surface area (Å²) < 4.78 is 0. The molecule has 110 valence electrons. The largest absolute Gasteiger partial charge is 0.508 e. The van der Waals surface area contributed by atoms with Crippen molar-refractivity contribution in [2.24, 2.45) is 0 Å². The van der Waals surface area contributed by atoms with Gasteiger partial charge in [0.2, 0.25) is 5.91 Å². The smallest absolute Gasteiger partial charge is 0.228 e. The number of thioether (sulfide) groups is 1. The summed E-state index contributed by atoms with van der Waals surface area (Å²) in [6, 6.07) is 5.42. The minimum absolute atomic E-state index is 0.112. The molecular weight excluding hydrogens is 272 g/mol. The molecule has 0 spiro atoms. The molecule has 1 aromatic carbocycles. The second-order valence-electron chi connectivity index (χ2n) is 5.04. The van der Waals surface area contributed by atoms with Crippen LogP contribution in [0, 0.1) is 6.92 Å². The van der Waals surface area contributed by atoms with Gasteiger partial charge in [-0.15, -0.1) is 0 Å². The summed E-state index contributed by atoms with van der Waals surface area (Å²) in [6.45, 7) is 5.51. The van der Waals surface area contributed by atoms with Crippen molar-refractivity contribution in [3.8, 4) is 5.75 Å². The molecular formula is C15H22N2O2S. The number of benzene rings is 1. The van der Waals surface area contributed by atoms with Gasteiger partial charge in [-0.05, 0) is 25.5 Å². The van der Waals surface area contributed by atoms with Gasteiger partial charge in [0.25, 0.3) is 0 Å². The molecule has 1 aliphatic heterocycles. The van der Waals surface area contributed by atoms with E-state index in [2.05, 4.69) is 5.32 Å². The number of aryl methyl sites for hydroxylation is 1. The lowest BCUT2D eigenvalue weighted by Crippen LogP contribution is -2.42. The maximum absolute atomic E-state index is 12.5. The fourth-order valence-corrected chi connectivity index (χ4v) is 3.39. The Morgan fingerprint density at radius 3 is 3.00 bits per heavy atom. The van der Waals surface area contributed by atoms with Gasteiger partial charge < -0.3 is 15.3 Å². The van der Waals surface area contributed by atoms with Gasteiger partial charge in [-0.25, -0.2) is 0 Å². The quantitative estimate of drug-likeness (QED) is 0.893. The second-order valence-corrected chi connectivity index (χ2v) is 6.19. The zero-order valence-corrected chi connectivity index (χ0v) is 12.9. The first-order valence-corrected chi connectivity index (χ1v) is 8.18. The van der Waals surface area contributed by atoms with Crippen LogP contribution in [-0.2, 0) is 4.79 Å². The van der Waals surface area contributed by atoms with Gasteiger partial charge in [0.15, 0.2) is 0 Å². The first-order chi connectivity index (χ1) is 9.61. The molecule has 5 heteroatoms. The van der Waals surface area contributed by atoms with E-state index in [1.165, 1.54) is 0 Å². The number of rotatable bonds is 4. The Bertz CT molecular complexity index is 473. The van der Waals surface area contributed by atoms with Crippen LogP contribution in [0.15, 0.2) is 18.2 Å². The first kappa shape index (κ1) is 15.2. The summed E-state index contributed by atoms with van der Waals surface area (Å²) in [5.74, 6) is 2.42. The first-order valence-electron chi connectivity index (χ1n) is 7.03. The highest BCUT2D eigenvalue weighted by atomic mass is 32.2. The molecule has 1 unspecified atom stereocenters. The highest BCUT2D eigenvalue weighted by Crippen LogP contribution is 2.26. The maximum Gasteiger partial charge on any atom is 0.228 e. The van der Waals surface area contributed by atoms with E-state index < -0.39 is 0 Å². The van der Waals surface area contributed by atoms with Crippen LogP contribution in [0.2, 0.25) is 0 Å². The third-order valence-electron chi connectivity index (χ3n) is 3.52. The van der Waals surface area contributed by atoms with Crippen LogP contribution in [0.5, 0.6) is 5.75 Å². The van der Waals surface area contributed by atoms with Gasteiger partial charge in [-0.1, -0.05) is 6.07 Å². The molecule has 0 aromatic heterocycles. The number of aromatic hydroxyl groups is 1. The molecule has 0 aliphatic carbocycles. The van der Waals surface area contributed by atoms with Crippen molar-refractivity contribution in [2.75, 3.05) is 29.5 Å². The molecule has 0 bridgehead atoms. The lowest BCUT2D eigenvalue weighted by Gasteiger charge is -2.27. The van der Waals surface area contributed by atoms with Crippen LogP contribution in [0.4, 0.5) is 5.69 Å². The number of carbonyl (C=O) groups is 1. The average Bonchev–Trinajstić information content (AvgIpc) is 2.44. The molecule has 1 amide bonds. The normalized spacial score (nSPS) is 18.8. The van der Waals surface area contributed by atoms with E-state index >= 15 is 0 Å². The molecule has 1 saturated heterocycles. The average molecular weight is 294 g/mol. The minimum Gasteiger partial charge on any atom is -0.508 e. The molecule has 2 rings (SSSR count). The Hall–Kier alpha value is -1.20. The molecule has 20 heavy (non-hydrogen) atoms. The zero-order valence-electron chi connectivity index (χ0n) is 12.1. The summed E-state index contributed by atoms with van der Waals surface area (Å²) in [6.07, 6.45) is 0.510. The monoisotopic (exact) mass is 294 g/mol. The van der Waals surface area contributed by atoms with Gasteiger partial charge in [0.05, 0.1) is 5.69 Å². The summed E-state index contributed by atoms with van der Waals surface area (Å²) >= 11 is 1.89. The number of anilines is 1. The lowest BCUT2D eigenvalue weighted by molar-refractivity contribution is -0.119. The van der Waals surface area contributed by atoms with Crippen LogP contribution in [-0.4, -0.2) is 41.7 Å². The minimum atomic E-state index is 0.112.